The lowest BCUT2D eigenvalue weighted by atomic mass is 9.92. The average molecular weight is 448 g/mol. The van der Waals surface area contributed by atoms with Crippen LogP contribution < -0.4 is 0 Å². The van der Waals surface area contributed by atoms with Crippen molar-refractivity contribution in [2.75, 3.05) is 19.7 Å². The van der Waals surface area contributed by atoms with Crippen molar-refractivity contribution in [2.24, 2.45) is 5.92 Å². The van der Waals surface area contributed by atoms with Crippen molar-refractivity contribution in [3.05, 3.63) is 41.0 Å². The molecule has 0 amide bonds. The van der Waals surface area contributed by atoms with Crippen LogP contribution in [-0.4, -0.2) is 48.7 Å². The minimum Gasteiger partial charge on any atom is -0.378 e. The Balaban J connectivity index is 1.26. The van der Waals surface area contributed by atoms with Gasteiger partial charge in [0.1, 0.15) is 0 Å². The van der Waals surface area contributed by atoms with Crippen LogP contribution in [0.4, 0.5) is 0 Å². The Morgan fingerprint density at radius 1 is 1.16 bits per heavy atom. The maximum atomic E-state index is 13.1. The minimum atomic E-state index is -3.44. The number of ether oxygens (including phenoxy) is 1. The summed E-state index contributed by atoms with van der Waals surface area (Å²) in [5.74, 6) is 1.82. The van der Waals surface area contributed by atoms with Gasteiger partial charge in [-0.15, -0.1) is 0 Å². The molecule has 1 aromatic heterocycles. The molecule has 2 aliphatic rings. The van der Waals surface area contributed by atoms with E-state index in [1.54, 1.807) is 10.4 Å². The van der Waals surface area contributed by atoms with Crippen LogP contribution >= 0.6 is 0 Å². The molecule has 8 heteroatoms. The summed E-state index contributed by atoms with van der Waals surface area (Å²) in [6.07, 6.45) is 7.23. The first-order chi connectivity index (χ1) is 14.9. The van der Waals surface area contributed by atoms with Crippen LogP contribution in [0.25, 0.3) is 0 Å². The molecule has 1 fully saturated rings. The maximum absolute atomic E-state index is 13.1. The number of benzene rings is 1. The largest absolute Gasteiger partial charge is 0.378 e. The SMILES string of the molecule is CC(C)Cc1nc(CCOC2CCN(S(=O)(=O)c3ccc4c(c3)CCCC4)CC2)no1. The molecule has 1 aliphatic heterocycles. The third-order valence-electron chi connectivity index (χ3n) is 6.13. The van der Waals surface area contributed by atoms with Gasteiger partial charge in [-0.05, 0) is 67.7 Å². The monoisotopic (exact) mass is 447 g/mol. The molecule has 0 radical (unpaired) electrons. The van der Waals surface area contributed by atoms with Crippen LogP contribution in [-0.2, 0) is 40.4 Å². The van der Waals surface area contributed by atoms with Crippen molar-refractivity contribution >= 4 is 10.0 Å². The highest BCUT2D eigenvalue weighted by Crippen LogP contribution is 2.27. The van der Waals surface area contributed by atoms with Crippen molar-refractivity contribution in [1.29, 1.82) is 0 Å². The van der Waals surface area contributed by atoms with E-state index in [1.807, 2.05) is 12.1 Å². The highest BCUT2D eigenvalue weighted by Gasteiger charge is 2.30. The van der Waals surface area contributed by atoms with Gasteiger partial charge in [-0.1, -0.05) is 25.1 Å². The molecule has 0 bridgehead atoms. The molecular weight excluding hydrogens is 414 g/mol. The Kier molecular flexibility index (Phi) is 7.08. The Bertz CT molecular complexity index is 978. The van der Waals surface area contributed by atoms with Crippen LogP contribution in [0.5, 0.6) is 0 Å². The molecule has 2 heterocycles. The summed E-state index contributed by atoms with van der Waals surface area (Å²) in [6, 6.07) is 5.67. The lowest BCUT2D eigenvalue weighted by Gasteiger charge is -2.31. The number of hydrogen-bond acceptors (Lipinski definition) is 6. The molecule has 7 nitrogen and oxygen atoms in total. The quantitative estimate of drug-likeness (QED) is 0.615. The molecule has 0 saturated carbocycles. The van der Waals surface area contributed by atoms with E-state index in [0.717, 1.165) is 25.7 Å². The average Bonchev–Trinajstić information content (AvgIpc) is 3.20. The molecule has 0 spiro atoms. The number of fused-ring (bicyclic) bond motifs is 1. The fraction of sp³-hybridized carbons (Fsp3) is 0.652. The lowest BCUT2D eigenvalue weighted by Crippen LogP contribution is -2.41. The van der Waals surface area contributed by atoms with E-state index >= 15 is 0 Å². The molecule has 170 valence electrons. The van der Waals surface area contributed by atoms with Gasteiger partial charge in [-0.25, -0.2) is 8.42 Å². The first-order valence-electron chi connectivity index (χ1n) is 11.5. The summed E-state index contributed by atoms with van der Waals surface area (Å²) in [5.41, 5.74) is 2.50. The van der Waals surface area contributed by atoms with Gasteiger partial charge in [0.25, 0.3) is 0 Å². The zero-order valence-electron chi connectivity index (χ0n) is 18.5. The lowest BCUT2D eigenvalue weighted by molar-refractivity contribution is 0.0222. The van der Waals surface area contributed by atoms with Gasteiger partial charge in [0.05, 0.1) is 17.6 Å². The van der Waals surface area contributed by atoms with Crippen molar-refractivity contribution in [3.8, 4) is 0 Å². The van der Waals surface area contributed by atoms with Gasteiger partial charge in [0, 0.05) is 25.9 Å². The number of rotatable bonds is 8. The van der Waals surface area contributed by atoms with E-state index in [4.69, 9.17) is 9.26 Å². The van der Waals surface area contributed by atoms with Gasteiger partial charge >= 0.3 is 0 Å². The minimum absolute atomic E-state index is 0.0667. The van der Waals surface area contributed by atoms with Crippen molar-refractivity contribution in [1.82, 2.24) is 14.4 Å². The van der Waals surface area contributed by atoms with Crippen LogP contribution in [0.2, 0.25) is 0 Å². The molecule has 1 aliphatic carbocycles. The molecular formula is C23H33N3O4S. The molecule has 4 rings (SSSR count). The number of piperidine rings is 1. The molecule has 0 atom stereocenters. The summed E-state index contributed by atoms with van der Waals surface area (Å²) in [6.45, 7) is 5.73. The van der Waals surface area contributed by atoms with Crippen molar-refractivity contribution in [2.45, 2.75) is 76.2 Å². The molecule has 0 N–H and O–H groups in total. The summed E-state index contributed by atoms with van der Waals surface area (Å²) < 4.78 is 39.1. The number of sulfonamides is 1. The van der Waals surface area contributed by atoms with E-state index < -0.39 is 10.0 Å². The standard InChI is InChI=1S/C23H33N3O4S/c1-17(2)15-23-24-22(25-30-23)11-14-29-20-9-12-26(13-10-20)31(27,28)21-8-7-18-5-3-4-6-19(18)16-21/h7-8,16-17,20H,3-6,9-15H2,1-2H3. The van der Waals surface area contributed by atoms with Crippen LogP contribution in [0.1, 0.15) is 62.4 Å². The van der Waals surface area contributed by atoms with Crippen molar-refractivity contribution in [3.63, 3.8) is 0 Å². The van der Waals surface area contributed by atoms with Gasteiger partial charge in [0.15, 0.2) is 5.82 Å². The zero-order chi connectivity index (χ0) is 21.8. The normalized spacial score (nSPS) is 18.4. The van der Waals surface area contributed by atoms with Crippen LogP contribution in [0.15, 0.2) is 27.6 Å². The second-order valence-corrected chi connectivity index (χ2v) is 11.0. The number of hydrogen-bond donors (Lipinski definition) is 0. The molecule has 1 aromatic carbocycles. The van der Waals surface area contributed by atoms with Crippen molar-refractivity contribution < 1.29 is 17.7 Å². The van der Waals surface area contributed by atoms with E-state index in [2.05, 4.69) is 24.0 Å². The van der Waals surface area contributed by atoms with Gasteiger partial charge < -0.3 is 9.26 Å². The van der Waals surface area contributed by atoms with Crippen LogP contribution in [0, 0.1) is 5.92 Å². The summed E-state index contributed by atoms with van der Waals surface area (Å²) in [4.78, 5) is 4.83. The Morgan fingerprint density at radius 2 is 1.90 bits per heavy atom. The summed E-state index contributed by atoms with van der Waals surface area (Å²) >= 11 is 0. The first kappa shape index (κ1) is 22.4. The predicted octanol–water partition coefficient (Wildman–Crippen LogP) is 3.56. The van der Waals surface area contributed by atoms with E-state index in [9.17, 15) is 8.42 Å². The Labute approximate surface area is 185 Å². The number of aromatic nitrogens is 2. The van der Waals surface area contributed by atoms with E-state index in [0.29, 0.717) is 61.5 Å². The molecule has 0 unspecified atom stereocenters. The summed E-state index contributed by atoms with van der Waals surface area (Å²) in [7, 11) is -3.44. The number of aryl methyl sites for hydroxylation is 2. The fourth-order valence-electron chi connectivity index (χ4n) is 4.40. The highest BCUT2D eigenvalue weighted by molar-refractivity contribution is 7.89. The highest BCUT2D eigenvalue weighted by atomic mass is 32.2. The predicted molar refractivity (Wildman–Crippen MR) is 117 cm³/mol. The third kappa shape index (κ3) is 5.54. The Hall–Kier alpha value is -1.77. The molecule has 2 aromatic rings. The third-order valence-corrected chi connectivity index (χ3v) is 8.03. The van der Waals surface area contributed by atoms with E-state index in [-0.39, 0.29) is 6.10 Å². The maximum Gasteiger partial charge on any atom is 0.243 e. The van der Waals surface area contributed by atoms with Gasteiger partial charge in [-0.2, -0.15) is 9.29 Å². The number of nitrogens with zero attached hydrogens (tertiary/aromatic N) is 3. The second kappa shape index (κ2) is 9.79. The zero-order valence-corrected chi connectivity index (χ0v) is 19.4. The molecule has 31 heavy (non-hydrogen) atoms. The summed E-state index contributed by atoms with van der Waals surface area (Å²) in [5, 5.41) is 4.01. The topological polar surface area (TPSA) is 85.5 Å². The van der Waals surface area contributed by atoms with Gasteiger partial charge in [-0.3, -0.25) is 0 Å². The van der Waals surface area contributed by atoms with Crippen LogP contribution in [0.3, 0.4) is 0 Å². The smallest absolute Gasteiger partial charge is 0.243 e. The fourth-order valence-corrected chi connectivity index (χ4v) is 5.92. The van der Waals surface area contributed by atoms with E-state index in [1.165, 1.54) is 17.5 Å². The first-order valence-corrected chi connectivity index (χ1v) is 12.9. The van der Waals surface area contributed by atoms with Gasteiger partial charge in [0.2, 0.25) is 15.9 Å². The molecule has 1 saturated heterocycles. The second-order valence-electron chi connectivity index (χ2n) is 9.06. The Morgan fingerprint density at radius 3 is 2.65 bits per heavy atom.